The van der Waals surface area contributed by atoms with E-state index in [-0.39, 0.29) is 5.91 Å². The minimum atomic E-state index is 0.0290. The van der Waals surface area contributed by atoms with Gasteiger partial charge in [-0.15, -0.1) is 0 Å². The summed E-state index contributed by atoms with van der Waals surface area (Å²) < 4.78 is 1.88. The molecule has 0 aliphatic carbocycles. The van der Waals surface area contributed by atoms with Crippen LogP contribution >= 0.6 is 31.9 Å². The van der Waals surface area contributed by atoms with Crippen LogP contribution in [0.25, 0.3) is 0 Å². The van der Waals surface area contributed by atoms with Gasteiger partial charge >= 0.3 is 0 Å². The Morgan fingerprint density at radius 3 is 2.41 bits per heavy atom. The third kappa shape index (κ3) is 4.92. The number of nitrogens with zero attached hydrogens (tertiary/aromatic N) is 2. The van der Waals surface area contributed by atoms with Crippen molar-refractivity contribution in [3.8, 4) is 0 Å². The number of hydrogen-bond acceptors (Lipinski definition) is 3. The van der Waals surface area contributed by atoms with E-state index in [4.69, 9.17) is 0 Å². The van der Waals surface area contributed by atoms with Gasteiger partial charge in [-0.25, -0.2) is 0 Å². The maximum Gasteiger partial charge on any atom is 0.238 e. The molecule has 1 aliphatic rings. The van der Waals surface area contributed by atoms with E-state index in [1.54, 1.807) is 0 Å². The zero-order chi connectivity index (χ0) is 19.6. The molecule has 6 heteroatoms. The number of rotatable bonds is 4. The van der Waals surface area contributed by atoms with Crippen LogP contribution in [0, 0.1) is 20.8 Å². The van der Waals surface area contributed by atoms with Crippen LogP contribution in [0.3, 0.4) is 0 Å². The van der Waals surface area contributed by atoms with Crippen LogP contribution in [-0.2, 0) is 4.79 Å². The van der Waals surface area contributed by atoms with Gasteiger partial charge in [0.2, 0.25) is 5.91 Å². The van der Waals surface area contributed by atoms with Crippen LogP contribution in [0.15, 0.2) is 39.3 Å². The summed E-state index contributed by atoms with van der Waals surface area (Å²) in [7, 11) is 0. The Morgan fingerprint density at radius 2 is 1.74 bits per heavy atom. The van der Waals surface area contributed by atoms with Crippen LogP contribution < -0.4 is 10.2 Å². The monoisotopic (exact) mass is 493 g/mol. The molecule has 1 saturated heterocycles. The first-order valence-electron chi connectivity index (χ1n) is 9.14. The lowest BCUT2D eigenvalue weighted by atomic mass is 10.1. The number of hydrogen-bond donors (Lipinski definition) is 1. The predicted molar refractivity (Wildman–Crippen MR) is 120 cm³/mol. The molecule has 1 aliphatic heterocycles. The SMILES string of the molecule is Cc1cccc(N2CCN(CC(=O)Nc3c(C)cc(Br)cc3Br)CC2)c1C. The van der Waals surface area contributed by atoms with E-state index < -0.39 is 0 Å². The van der Waals surface area contributed by atoms with Crippen LogP contribution in [0.2, 0.25) is 0 Å². The smallest absolute Gasteiger partial charge is 0.238 e. The third-order valence-corrected chi connectivity index (χ3v) is 6.26. The number of anilines is 2. The van der Waals surface area contributed by atoms with Crippen molar-refractivity contribution in [2.24, 2.45) is 0 Å². The zero-order valence-electron chi connectivity index (χ0n) is 16.0. The summed E-state index contributed by atoms with van der Waals surface area (Å²) in [5.41, 5.74) is 5.86. The molecule has 0 atom stereocenters. The number of halogens is 2. The summed E-state index contributed by atoms with van der Waals surface area (Å²) in [4.78, 5) is 17.2. The summed E-state index contributed by atoms with van der Waals surface area (Å²) in [6.07, 6.45) is 0. The molecule has 0 radical (unpaired) electrons. The molecule has 2 aromatic rings. The molecule has 1 heterocycles. The summed E-state index contributed by atoms with van der Waals surface area (Å²) in [5.74, 6) is 0.0290. The van der Waals surface area contributed by atoms with E-state index in [0.717, 1.165) is 46.4 Å². The topological polar surface area (TPSA) is 35.6 Å². The standard InChI is InChI=1S/C21H25Br2N3O/c1-14-5-4-6-19(16(14)3)26-9-7-25(8-10-26)13-20(27)24-21-15(2)11-17(22)12-18(21)23/h4-6,11-12H,7-10,13H2,1-3H3,(H,24,27). The van der Waals surface area contributed by atoms with E-state index in [9.17, 15) is 4.79 Å². The number of carbonyl (C=O) groups excluding carboxylic acids is 1. The van der Waals surface area contributed by atoms with Gasteiger partial charge < -0.3 is 10.2 Å². The molecule has 0 spiro atoms. The van der Waals surface area contributed by atoms with Gasteiger partial charge in [0, 0.05) is 40.8 Å². The minimum absolute atomic E-state index is 0.0290. The van der Waals surface area contributed by atoms with Crippen molar-refractivity contribution < 1.29 is 4.79 Å². The van der Waals surface area contributed by atoms with Crippen molar-refractivity contribution in [3.63, 3.8) is 0 Å². The maximum absolute atomic E-state index is 12.5. The van der Waals surface area contributed by atoms with Crippen molar-refractivity contribution in [1.82, 2.24) is 4.90 Å². The Bertz CT molecular complexity index is 822. The molecule has 1 amide bonds. The summed E-state index contributed by atoms with van der Waals surface area (Å²) in [5, 5.41) is 3.05. The van der Waals surface area contributed by atoms with Crippen molar-refractivity contribution in [2.75, 3.05) is 42.9 Å². The molecular weight excluding hydrogens is 470 g/mol. The van der Waals surface area contributed by atoms with Crippen LogP contribution in [0.4, 0.5) is 11.4 Å². The van der Waals surface area contributed by atoms with Gasteiger partial charge in [0.25, 0.3) is 0 Å². The van der Waals surface area contributed by atoms with Gasteiger partial charge in [-0.05, 0) is 71.6 Å². The van der Waals surface area contributed by atoms with E-state index in [2.05, 4.69) is 79.0 Å². The average molecular weight is 495 g/mol. The second kappa shape index (κ2) is 8.76. The fraction of sp³-hybridized carbons (Fsp3) is 0.381. The van der Waals surface area contributed by atoms with Crippen molar-refractivity contribution >= 4 is 49.1 Å². The maximum atomic E-state index is 12.5. The summed E-state index contributed by atoms with van der Waals surface area (Å²) in [6.45, 7) is 10.4. The van der Waals surface area contributed by atoms with Gasteiger partial charge in [-0.3, -0.25) is 9.69 Å². The Labute approximate surface area is 178 Å². The Hall–Kier alpha value is -1.37. The number of benzene rings is 2. The molecule has 0 unspecified atom stereocenters. The Morgan fingerprint density at radius 1 is 1.04 bits per heavy atom. The highest BCUT2D eigenvalue weighted by Gasteiger charge is 2.21. The fourth-order valence-corrected chi connectivity index (χ4v) is 5.01. The normalized spacial score (nSPS) is 15.1. The fourth-order valence-electron chi connectivity index (χ4n) is 3.47. The first kappa shape index (κ1) is 20.4. The summed E-state index contributed by atoms with van der Waals surface area (Å²) in [6, 6.07) is 10.4. The molecule has 1 N–H and O–H groups in total. The molecule has 2 aromatic carbocycles. The first-order valence-corrected chi connectivity index (χ1v) is 10.7. The molecule has 0 bridgehead atoms. The third-order valence-electron chi connectivity index (χ3n) is 5.17. The lowest BCUT2D eigenvalue weighted by Gasteiger charge is -2.36. The van der Waals surface area contributed by atoms with Gasteiger partial charge in [0.05, 0.1) is 12.2 Å². The number of piperazine rings is 1. The van der Waals surface area contributed by atoms with E-state index >= 15 is 0 Å². The van der Waals surface area contributed by atoms with E-state index in [0.29, 0.717) is 6.54 Å². The summed E-state index contributed by atoms with van der Waals surface area (Å²) >= 11 is 7.00. The van der Waals surface area contributed by atoms with E-state index in [1.165, 1.54) is 16.8 Å². The average Bonchev–Trinajstić information content (AvgIpc) is 2.61. The van der Waals surface area contributed by atoms with Crippen molar-refractivity contribution in [2.45, 2.75) is 20.8 Å². The number of nitrogens with one attached hydrogen (secondary N) is 1. The number of aryl methyl sites for hydroxylation is 2. The zero-order valence-corrected chi connectivity index (χ0v) is 19.2. The largest absolute Gasteiger partial charge is 0.369 e. The molecule has 27 heavy (non-hydrogen) atoms. The molecule has 3 rings (SSSR count). The molecule has 0 saturated carbocycles. The van der Waals surface area contributed by atoms with Crippen molar-refractivity contribution in [3.05, 3.63) is 56.0 Å². The Kier molecular flexibility index (Phi) is 6.61. The van der Waals surface area contributed by atoms with Gasteiger partial charge in [0.15, 0.2) is 0 Å². The molecule has 144 valence electrons. The second-order valence-electron chi connectivity index (χ2n) is 7.11. The highest BCUT2D eigenvalue weighted by atomic mass is 79.9. The number of amides is 1. The van der Waals surface area contributed by atoms with Crippen LogP contribution in [0.1, 0.15) is 16.7 Å². The predicted octanol–water partition coefficient (Wildman–Crippen LogP) is 4.90. The van der Waals surface area contributed by atoms with Gasteiger partial charge in [-0.2, -0.15) is 0 Å². The Balaban J connectivity index is 1.56. The van der Waals surface area contributed by atoms with Gasteiger partial charge in [0.1, 0.15) is 0 Å². The lowest BCUT2D eigenvalue weighted by Crippen LogP contribution is -2.48. The molecular formula is C21H25Br2N3O. The highest BCUT2D eigenvalue weighted by Crippen LogP contribution is 2.30. The van der Waals surface area contributed by atoms with Crippen LogP contribution in [-0.4, -0.2) is 43.5 Å². The first-order chi connectivity index (χ1) is 12.8. The van der Waals surface area contributed by atoms with Gasteiger partial charge in [-0.1, -0.05) is 28.1 Å². The van der Waals surface area contributed by atoms with Crippen LogP contribution in [0.5, 0.6) is 0 Å². The van der Waals surface area contributed by atoms with Crippen molar-refractivity contribution in [1.29, 1.82) is 0 Å². The highest BCUT2D eigenvalue weighted by molar-refractivity contribution is 9.11. The quantitative estimate of drug-likeness (QED) is 0.656. The van der Waals surface area contributed by atoms with E-state index in [1.807, 2.05) is 19.1 Å². The number of carbonyl (C=O) groups is 1. The minimum Gasteiger partial charge on any atom is -0.369 e. The lowest BCUT2D eigenvalue weighted by molar-refractivity contribution is -0.117. The molecule has 4 nitrogen and oxygen atoms in total. The molecule has 1 fully saturated rings. The molecule has 0 aromatic heterocycles. The second-order valence-corrected chi connectivity index (χ2v) is 8.88.